The molecule has 0 radical (unpaired) electrons. The van der Waals surface area contributed by atoms with Gasteiger partial charge in [-0.3, -0.25) is 19.4 Å². The third-order valence-corrected chi connectivity index (χ3v) is 3.91. The number of benzene rings is 1. The van der Waals surface area contributed by atoms with Crippen LogP contribution in [0.2, 0.25) is 0 Å². The van der Waals surface area contributed by atoms with Crippen LogP contribution >= 0.6 is 0 Å². The fourth-order valence-corrected chi connectivity index (χ4v) is 2.59. The Morgan fingerprint density at radius 1 is 1.08 bits per heavy atom. The Balaban J connectivity index is 1.62. The molecule has 0 saturated carbocycles. The highest BCUT2D eigenvalue weighted by molar-refractivity contribution is 5.20. The molecule has 2 heterocycles. The number of hydrogen-bond donors (Lipinski definition) is 1. The molecule has 0 aliphatic rings. The molecule has 1 aromatic carbocycles. The number of hydrogen-bond acceptors (Lipinski definition) is 4. The second-order valence-corrected chi connectivity index (χ2v) is 5.79. The fraction of sp³-hybridized carbons (Fsp3) is 0.294. The van der Waals surface area contributed by atoms with Crippen molar-refractivity contribution < 1.29 is 0 Å². The number of nitrogens with zero attached hydrogens (tertiary/aromatic N) is 4. The molecule has 3 rings (SSSR count). The van der Waals surface area contributed by atoms with Crippen LogP contribution in [-0.2, 0) is 19.5 Å². The largest absolute Gasteiger partial charge is 0.268 e. The van der Waals surface area contributed by atoms with E-state index in [1.54, 1.807) is 4.68 Å². The van der Waals surface area contributed by atoms with E-state index in [4.69, 9.17) is 0 Å². The van der Waals surface area contributed by atoms with Crippen molar-refractivity contribution in [3.63, 3.8) is 0 Å². The number of H-pyrrole nitrogens is 1. The van der Waals surface area contributed by atoms with Crippen LogP contribution in [0.3, 0.4) is 0 Å². The maximum absolute atomic E-state index is 11.6. The summed E-state index contributed by atoms with van der Waals surface area (Å²) in [7, 11) is 0. The van der Waals surface area contributed by atoms with Crippen molar-refractivity contribution in [2.45, 2.75) is 32.4 Å². The summed E-state index contributed by atoms with van der Waals surface area (Å²) >= 11 is 0. The molecule has 0 spiro atoms. The molecule has 7 heteroatoms. The van der Waals surface area contributed by atoms with Crippen molar-refractivity contribution in [2.24, 2.45) is 0 Å². The summed E-state index contributed by atoms with van der Waals surface area (Å²) in [5, 5.41) is 10.8. The lowest BCUT2D eigenvalue weighted by molar-refractivity contribution is 0.470. The van der Waals surface area contributed by atoms with Crippen LogP contribution in [0.1, 0.15) is 24.1 Å². The average molecular weight is 325 g/mol. The summed E-state index contributed by atoms with van der Waals surface area (Å²) in [6.07, 6.45) is 2.68. The van der Waals surface area contributed by atoms with Crippen molar-refractivity contribution >= 4 is 0 Å². The molecule has 124 valence electrons. The number of rotatable bonds is 6. The molecule has 2 aromatic heterocycles. The Hall–Kier alpha value is -2.96. The first kappa shape index (κ1) is 15.9. The van der Waals surface area contributed by atoms with E-state index in [-0.39, 0.29) is 11.1 Å². The Morgan fingerprint density at radius 3 is 2.67 bits per heavy atom. The molecule has 0 saturated heterocycles. The highest BCUT2D eigenvalue weighted by atomic mass is 16.1. The third kappa shape index (κ3) is 3.87. The first-order chi connectivity index (χ1) is 11.6. The van der Waals surface area contributed by atoms with Crippen LogP contribution in [0.25, 0.3) is 0 Å². The van der Waals surface area contributed by atoms with E-state index in [1.807, 2.05) is 24.4 Å². The van der Waals surface area contributed by atoms with E-state index in [0.29, 0.717) is 19.0 Å². The minimum absolute atomic E-state index is 0.243. The number of aromatic amines is 1. The van der Waals surface area contributed by atoms with Crippen LogP contribution in [0.15, 0.2) is 58.3 Å². The van der Waals surface area contributed by atoms with Crippen molar-refractivity contribution in [3.8, 4) is 0 Å². The van der Waals surface area contributed by atoms with E-state index < -0.39 is 0 Å². The molecule has 1 atom stereocenters. The summed E-state index contributed by atoms with van der Waals surface area (Å²) in [6.45, 7) is 2.96. The van der Waals surface area contributed by atoms with Gasteiger partial charge in [-0.2, -0.15) is 0 Å². The molecule has 3 aromatic rings. The van der Waals surface area contributed by atoms with Gasteiger partial charge >= 0.3 is 0 Å². The molecule has 1 N–H and O–H groups in total. The van der Waals surface area contributed by atoms with Gasteiger partial charge in [-0.05, 0) is 17.9 Å². The van der Waals surface area contributed by atoms with Gasteiger partial charge < -0.3 is 0 Å². The SMILES string of the molecule is CC(Cc1cn(CCn2[nH]c(=O)ccc2=O)nn1)c1ccccc1. The van der Waals surface area contributed by atoms with Gasteiger partial charge in [0.15, 0.2) is 0 Å². The van der Waals surface area contributed by atoms with Crippen molar-refractivity contribution in [1.29, 1.82) is 0 Å². The highest BCUT2D eigenvalue weighted by Crippen LogP contribution is 2.18. The molecule has 0 amide bonds. The summed E-state index contributed by atoms with van der Waals surface area (Å²) in [4.78, 5) is 22.9. The summed E-state index contributed by atoms with van der Waals surface area (Å²) in [6, 6.07) is 12.7. The van der Waals surface area contributed by atoms with Crippen molar-refractivity contribution in [1.82, 2.24) is 24.8 Å². The molecule has 0 fully saturated rings. The van der Waals surface area contributed by atoms with Crippen LogP contribution in [0.4, 0.5) is 0 Å². The number of nitrogens with one attached hydrogen (secondary N) is 1. The molecular formula is C17H19N5O2. The van der Waals surface area contributed by atoms with E-state index in [1.165, 1.54) is 22.4 Å². The summed E-state index contributed by atoms with van der Waals surface area (Å²) in [5.74, 6) is 0.351. The minimum atomic E-state index is -0.300. The predicted molar refractivity (Wildman–Crippen MR) is 89.9 cm³/mol. The Kier molecular flexibility index (Phi) is 4.69. The van der Waals surface area contributed by atoms with Gasteiger partial charge in [-0.15, -0.1) is 5.10 Å². The van der Waals surface area contributed by atoms with E-state index in [2.05, 4.69) is 34.5 Å². The van der Waals surface area contributed by atoms with Gasteiger partial charge in [0.1, 0.15) is 0 Å². The van der Waals surface area contributed by atoms with Crippen LogP contribution < -0.4 is 11.1 Å². The quantitative estimate of drug-likeness (QED) is 0.737. The van der Waals surface area contributed by atoms with Crippen molar-refractivity contribution in [3.05, 3.63) is 80.6 Å². The van der Waals surface area contributed by atoms with Gasteiger partial charge in [0.2, 0.25) is 0 Å². The molecule has 24 heavy (non-hydrogen) atoms. The molecule has 1 unspecified atom stereocenters. The average Bonchev–Trinajstić information content (AvgIpc) is 3.04. The molecular weight excluding hydrogens is 306 g/mol. The second-order valence-electron chi connectivity index (χ2n) is 5.79. The van der Waals surface area contributed by atoms with Crippen LogP contribution in [0, 0.1) is 0 Å². The Labute approximate surface area is 138 Å². The summed E-state index contributed by atoms with van der Waals surface area (Å²) < 4.78 is 2.96. The third-order valence-electron chi connectivity index (χ3n) is 3.91. The fourth-order valence-electron chi connectivity index (χ4n) is 2.59. The zero-order valence-corrected chi connectivity index (χ0v) is 13.4. The molecule has 0 bridgehead atoms. The summed E-state index contributed by atoms with van der Waals surface area (Å²) in [5.41, 5.74) is 1.62. The van der Waals surface area contributed by atoms with Crippen LogP contribution in [0.5, 0.6) is 0 Å². The lowest BCUT2D eigenvalue weighted by Crippen LogP contribution is -2.29. The zero-order valence-electron chi connectivity index (χ0n) is 13.4. The normalized spacial score (nSPS) is 12.2. The first-order valence-corrected chi connectivity index (χ1v) is 7.86. The van der Waals surface area contributed by atoms with E-state index >= 15 is 0 Å². The lowest BCUT2D eigenvalue weighted by Gasteiger charge is -2.09. The van der Waals surface area contributed by atoms with Gasteiger partial charge in [0.25, 0.3) is 11.1 Å². The van der Waals surface area contributed by atoms with Crippen LogP contribution in [-0.4, -0.2) is 24.8 Å². The van der Waals surface area contributed by atoms with Gasteiger partial charge in [-0.25, -0.2) is 4.68 Å². The Morgan fingerprint density at radius 2 is 1.88 bits per heavy atom. The van der Waals surface area contributed by atoms with E-state index in [9.17, 15) is 9.59 Å². The van der Waals surface area contributed by atoms with Crippen molar-refractivity contribution in [2.75, 3.05) is 0 Å². The Bertz CT molecular complexity index is 910. The highest BCUT2D eigenvalue weighted by Gasteiger charge is 2.09. The standard InChI is InChI=1S/C17H19N5O2/c1-13(14-5-3-2-4-6-14)11-15-12-21(20-18-15)9-10-22-17(24)8-7-16(23)19-22/h2-8,12-13H,9-11H2,1H3,(H,19,23). The topological polar surface area (TPSA) is 85.6 Å². The van der Waals surface area contributed by atoms with E-state index in [0.717, 1.165) is 12.1 Å². The van der Waals surface area contributed by atoms with Gasteiger partial charge in [-0.1, -0.05) is 42.5 Å². The smallest absolute Gasteiger partial charge is 0.265 e. The second kappa shape index (κ2) is 7.08. The zero-order chi connectivity index (χ0) is 16.9. The van der Waals surface area contributed by atoms with Gasteiger partial charge in [0, 0.05) is 18.3 Å². The maximum Gasteiger partial charge on any atom is 0.265 e. The lowest BCUT2D eigenvalue weighted by atomic mass is 9.97. The predicted octanol–water partition coefficient (Wildman–Crippen LogP) is 1.17. The number of aryl methyl sites for hydroxylation is 2. The maximum atomic E-state index is 11.6. The number of aromatic nitrogens is 5. The van der Waals surface area contributed by atoms with Gasteiger partial charge in [0.05, 0.1) is 18.8 Å². The minimum Gasteiger partial charge on any atom is -0.268 e. The molecule has 0 aliphatic carbocycles. The first-order valence-electron chi connectivity index (χ1n) is 7.86. The monoisotopic (exact) mass is 325 g/mol. The molecule has 7 nitrogen and oxygen atoms in total. The molecule has 0 aliphatic heterocycles.